The highest BCUT2D eigenvalue weighted by Crippen LogP contribution is 2.41. The van der Waals surface area contributed by atoms with Gasteiger partial charge in [-0.1, -0.05) is 66.7 Å². The fraction of sp³-hybridized carbons (Fsp3) is 0.531. The number of phenolic OH excluding ortho intramolecular Hbond substituents is 1. The number of unbranched alkanes of at least 4 members (excludes halogenated alkanes) is 1. The molecule has 1 N–H and O–H groups in total. The maximum atomic E-state index is 11.1. The van der Waals surface area contributed by atoms with E-state index in [4.69, 9.17) is 14.1 Å². The van der Waals surface area contributed by atoms with E-state index in [-0.39, 0.29) is 16.9 Å². The minimum atomic E-state index is -0.212. The molecule has 0 spiro atoms. The summed E-state index contributed by atoms with van der Waals surface area (Å²) >= 11 is 0. The van der Waals surface area contributed by atoms with Crippen LogP contribution in [0.2, 0.25) is 0 Å². The molecule has 3 rings (SSSR count). The molecule has 0 saturated heterocycles. The van der Waals surface area contributed by atoms with Gasteiger partial charge in [0.1, 0.15) is 23.9 Å². The molecule has 5 nitrogen and oxygen atoms in total. The van der Waals surface area contributed by atoms with Gasteiger partial charge >= 0.3 is 0 Å². The number of hydrogen-bond acceptors (Lipinski definition) is 5. The normalized spacial score (nSPS) is 13.2. The van der Waals surface area contributed by atoms with Gasteiger partial charge in [0.15, 0.2) is 0 Å². The fourth-order valence-corrected chi connectivity index (χ4v) is 4.47. The molecule has 0 saturated carbocycles. The Balaban J connectivity index is 1.83. The van der Waals surface area contributed by atoms with Crippen LogP contribution in [-0.4, -0.2) is 41.2 Å². The predicted molar refractivity (Wildman–Crippen MR) is 153 cm³/mol. The van der Waals surface area contributed by atoms with Gasteiger partial charge in [-0.25, -0.2) is 4.98 Å². The highest BCUT2D eigenvalue weighted by Gasteiger charge is 2.28. The minimum absolute atomic E-state index is 0.0161. The Morgan fingerprint density at radius 1 is 0.973 bits per heavy atom. The summed E-state index contributed by atoms with van der Waals surface area (Å²) in [6.07, 6.45) is 5.63. The third-order valence-electron chi connectivity index (χ3n) is 6.86. The molecule has 0 fully saturated rings. The third-order valence-corrected chi connectivity index (χ3v) is 6.86. The summed E-state index contributed by atoms with van der Waals surface area (Å²) in [5.41, 5.74) is 3.15. The summed E-state index contributed by atoms with van der Waals surface area (Å²) in [5, 5.41) is 11.1. The zero-order valence-electron chi connectivity index (χ0n) is 24.1. The maximum Gasteiger partial charge on any atom is 0.226 e. The third kappa shape index (κ3) is 8.10. The van der Waals surface area contributed by atoms with Gasteiger partial charge in [0.25, 0.3) is 0 Å². The van der Waals surface area contributed by atoms with Gasteiger partial charge < -0.3 is 19.2 Å². The van der Waals surface area contributed by atoms with E-state index in [0.29, 0.717) is 18.1 Å². The number of ether oxygens (including phenoxy) is 1. The molecule has 1 atom stereocenters. The SMILES string of the molecule is CCN(C)CCCCC(Cc1coc(-c2cc(C(C)(C)C)c(O)c(C(C)(C)C)c2)n1)Oc1ccccc1. The number of phenols is 1. The van der Waals surface area contributed by atoms with Gasteiger partial charge in [-0.15, -0.1) is 0 Å². The Morgan fingerprint density at radius 3 is 2.16 bits per heavy atom. The molecule has 0 bridgehead atoms. The molecule has 202 valence electrons. The average Bonchev–Trinajstić information content (AvgIpc) is 3.29. The first-order valence-corrected chi connectivity index (χ1v) is 13.6. The van der Waals surface area contributed by atoms with Crippen molar-refractivity contribution in [3.05, 3.63) is 65.5 Å². The van der Waals surface area contributed by atoms with Crippen LogP contribution in [0.15, 0.2) is 53.1 Å². The molecular formula is C32H46N2O3. The molecule has 3 aromatic rings. The average molecular weight is 507 g/mol. The summed E-state index contributed by atoms with van der Waals surface area (Å²) < 4.78 is 12.4. The lowest BCUT2D eigenvalue weighted by molar-refractivity contribution is 0.184. The van der Waals surface area contributed by atoms with Crippen molar-refractivity contribution >= 4 is 0 Å². The van der Waals surface area contributed by atoms with E-state index in [1.807, 2.05) is 42.5 Å². The number of benzene rings is 2. The van der Waals surface area contributed by atoms with Crippen molar-refractivity contribution in [1.82, 2.24) is 9.88 Å². The highest BCUT2D eigenvalue weighted by molar-refractivity contribution is 5.63. The lowest BCUT2D eigenvalue weighted by Gasteiger charge is -2.27. The van der Waals surface area contributed by atoms with E-state index < -0.39 is 0 Å². The van der Waals surface area contributed by atoms with Crippen LogP contribution in [0.3, 0.4) is 0 Å². The van der Waals surface area contributed by atoms with Crippen molar-refractivity contribution in [3.63, 3.8) is 0 Å². The van der Waals surface area contributed by atoms with Crippen LogP contribution in [0.5, 0.6) is 11.5 Å². The van der Waals surface area contributed by atoms with Crippen LogP contribution in [-0.2, 0) is 17.3 Å². The number of para-hydroxylation sites is 1. The standard InChI is InChI=1S/C32H46N2O3/c1-9-34(8)18-14-13-17-26(37-25-15-11-10-12-16-25)21-24-22-36-30(33-24)23-19-27(31(2,3)4)29(35)28(20-23)32(5,6)7/h10-12,15-16,19-20,22,26,35H,9,13-14,17-18,21H2,1-8H3. The second-order valence-electron chi connectivity index (χ2n) is 12.2. The maximum absolute atomic E-state index is 11.1. The smallest absolute Gasteiger partial charge is 0.226 e. The quantitative estimate of drug-likeness (QED) is 0.269. The van der Waals surface area contributed by atoms with E-state index in [1.54, 1.807) is 6.26 Å². The Labute approximate surface area is 223 Å². The summed E-state index contributed by atoms with van der Waals surface area (Å²) in [5.74, 6) is 1.82. The molecule has 37 heavy (non-hydrogen) atoms. The topological polar surface area (TPSA) is 58.7 Å². The van der Waals surface area contributed by atoms with Crippen molar-refractivity contribution in [2.45, 2.75) is 91.1 Å². The van der Waals surface area contributed by atoms with E-state index in [0.717, 1.165) is 60.5 Å². The fourth-order valence-electron chi connectivity index (χ4n) is 4.47. The first kappa shape index (κ1) is 28.8. The highest BCUT2D eigenvalue weighted by atomic mass is 16.5. The largest absolute Gasteiger partial charge is 0.507 e. The van der Waals surface area contributed by atoms with Crippen molar-refractivity contribution in [1.29, 1.82) is 0 Å². The number of hydrogen-bond donors (Lipinski definition) is 1. The van der Waals surface area contributed by atoms with E-state index >= 15 is 0 Å². The molecule has 5 heteroatoms. The zero-order chi connectivity index (χ0) is 27.2. The number of nitrogens with zero attached hydrogens (tertiary/aromatic N) is 2. The molecule has 0 amide bonds. The first-order chi connectivity index (χ1) is 17.4. The van der Waals surface area contributed by atoms with Gasteiger partial charge in [-0.2, -0.15) is 0 Å². The number of oxazole rings is 1. The van der Waals surface area contributed by atoms with Crippen molar-refractivity contribution in [3.8, 4) is 23.0 Å². The summed E-state index contributed by atoms with van der Waals surface area (Å²) in [6, 6.07) is 14.0. The molecule has 1 heterocycles. The molecule has 0 aliphatic carbocycles. The molecular weight excluding hydrogens is 460 g/mol. The van der Waals surface area contributed by atoms with Crippen LogP contribution >= 0.6 is 0 Å². The van der Waals surface area contributed by atoms with Gasteiger partial charge in [-0.3, -0.25) is 0 Å². The van der Waals surface area contributed by atoms with Gasteiger partial charge in [0.05, 0.1) is 5.69 Å². The van der Waals surface area contributed by atoms with Crippen LogP contribution in [0.4, 0.5) is 0 Å². The summed E-state index contributed by atoms with van der Waals surface area (Å²) in [6.45, 7) is 17.0. The molecule has 1 aromatic heterocycles. The van der Waals surface area contributed by atoms with Gasteiger partial charge in [0.2, 0.25) is 5.89 Å². The Hall–Kier alpha value is -2.79. The summed E-state index contributed by atoms with van der Waals surface area (Å²) in [7, 11) is 2.16. The van der Waals surface area contributed by atoms with E-state index in [2.05, 4.69) is 60.4 Å². The Kier molecular flexibility index (Phi) is 9.46. The molecule has 1 unspecified atom stereocenters. The second-order valence-corrected chi connectivity index (χ2v) is 12.2. The van der Waals surface area contributed by atoms with Crippen LogP contribution in [0.1, 0.15) is 84.5 Å². The van der Waals surface area contributed by atoms with Gasteiger partial charge in [-0.05, 0) is 74.5 Å². The van der Waals surface area contributed by atoms with Crippen molar-refractivity contribution in [2.24, 2.45) is 0 Å². The Bertz CT molecular complexity index is 1090. The van der Waals surface area contributed by atoms with E-state index in [1.165, 1.54) is 0 Å². The van der Waals surface area contributed by atoms with Crippen molar-refractivity contribution < 1.29 is 14.3 Å². The first-order valence-electron chi connectivity index (χ1n) is 13.6. The molecule has 0 radical (unpaired) electrons. The monoisotopic (exact) mass is 506 g/mol. The predicted octanol–water partition coefficient (Wildman–Crippen LogP) is 7.75. The lowest BCUT2D eigenvalue weighted by atomic mass is 9.78. The second kappa shape index (κ2) is 12.2. The lowest BCUT2D eigenvalue weighted by Crippen LogP contribution is -2.22. The van der Waals surface area contributed by atoms with Gasteiger partial charge in [0, 0.05) is 23.1 Å². The number of aromatic hydroxyl groups is 1. The molecule has 0 aliphatic rings. The zero-order valence-corrected chi connectivity index (χ0v) is 24.1. The number of rotatable bonds is 11. The van der Waals surface area contributed by atoms with Crippen LogP contribution in [0, 0.1) is 0 Å². The summed E-state index contributed by atoms with van der Waals surface area (Å²) in [4.78, 5) is 7.21. The molecule has 2 aromatic carbocycles. The number of aromatic nitrogens is 1. The minimum Gasteiger partial charge on any atom is -0.507 e. The van der Waals surface area contributed by atoms with E-state index in [9.17, 15) is 5.11 Å². The molecule has 0 aliphatic heterocycles. The van der Waals surface area contributed by atoms with Crippen LogP contribution < -0.4 is 4.74 Å². The Morgan fingerprint density at radius 2 is 1.59 bits per heavy atom. The van der Waals surface area contributed by atoms with Crippen LogP contribution in [0.25, 0.3) is 11.5 Å². The van der Waals surface area contributed by atoms with Crippen molar-refractivity contribution in [2.75, 3.05) is 20.1 Å².